The standard InChI is InChI=1S/C18H13Cl2FN2O2/c19-14-5-1-12(2-6-14)9-22-11-16(21)17(24)23(18(22)25)10-13-3-7-15(20)8-4-13/h1-8,11H,9-10H2. The van der Waals surface area contributed by atoms with Gasteiger partial charge in [0.2, 0.25) is 5.82 Å². The predicted octanol–water partition coefficient (Wildman–Crippen LogP) is 3.55. The summed E-state index contributed by atoms with van der Waals surface area (Å²) < 4.78 is 16.1. The van der Waals surface area contributed by atoms with Crippen LogP contribution in [-0.2, 0) is 13.1 Å². The van der Waals surface area contributed by atoms with Gasteiger partial charge in [0, 0.05) is 10.0 Å². The van der Waals surface area contributed by atoms with Crippen LogP contribution in [0, 0.1) is 5.82 Å². The molecule has 0 amide bonds. The zero-order chi connectivity index (χ0) is 18.0. The van der Waals surface area contributed by atoms with Crippen molar-refractivity contribution in [3.63, 3.8) is 0 Å². The number of halogens is 3. The van der Waals surface area contributed by atoms with Gasteiger partial charge in [-0.25, -0.2) is 4.79 Å². The summed E-state index contributed by atoms with van der Waals surface area (Å²) in [5, 5.41) is 1.10. The molecule has 0 saturated heterocycles. The molecule has 0 saturated carbocycles. The minimum Gasteiger partial charge on any atom is -0.293 e. The van der Waals surface area contributed by atoms with E-state index >= 15 is 0 Å². The lowest BCUT2D eigenvalue weighted by Gasteiger charge is -2.11. The maximum absolute atomic E-state index is 14.0. The highest BCUT2D eigenvalue weighted by molar-refractivity contribution is 6.30. The molecule has 0 aliphatic rings. The predicted molar refractivity (Wildman–Crippen MR) is 96.0 cm³/mol. The third kappa shape index (κ3) is 4.00. The van der Waals surface area contributed by atoms with E-state index in [0.717, 1.165) is 20.9 Å². The van der Waals surface area contributed by atoms with Crippen LogP contribution >= 0.6 is 23.2 Å². The van der Waals surface area contributed by atoms with Crippen LogP contribution in [0.25, 0.3) is 0 Å². The summed E-state index contributed by atoms with van der Waals surface area (Å²) in [7, 11) is 0. The fourth-order valence-corrected chi connectivity index (χ4v) is 2.68. The maximum atomic E-state index is 14.0. The summed E-state index contributed by atoms with van der Waals surface area (Å²) in [5.74, 6) is -0.984. The highest BCUT2D eigenvalue weighted by Crippen LogP contribution is 2.11. The van der Waals surface area contributed by atoms with E-state index in [1.54, 1.807) is 48.5 Å². The van der Waals surface area contributed by atoms with Crippen molar-refractivity contribution in [3.05, 3.63) is 103 Å². The molecule has 0 bridgehead atoms. The zero-order valence-corrected chi connectivity index (χ0v) is 14.5. The molecule has 0 fully saturated rings. The fourth-order valence-electron chi connectivity index (χ4n) is 2.43. The van der Waals surface area contributed by atoms with Crippen molar-refractivity contribution in [3.8, 4) is 0 Å². The summed E-state index contributed by atoms with van der Waals surface area (Å²) in [6, 6.07) is 13.5. The van der Waals surface area contributed by atoms with Crippen LogP contribution in [0.2, 0.25) is 10.0 Å². The first-order valence-electron chi connectivity index (χ1n) is 7.43. The summed E-state index contributed by atoms with van der Waals surface area (Å²) in [5.41, 5.74) is -0.0987. The normalized spacial score (nSPS) is 10.8. The van der Waals surface area contributed by atoms with E-state index < -0.39 is 17.1 Å². The van der Waals surface area contributed by atoms with Crippen molar-refractivity contribution in [2.75, 3.05) is 0 Å². The highest BCUT2D eigenvalue weighted by Gasteiger charge is 2.12. The first-order valence-corrected chi connectivity index (χ1v) is 8.18. The molecule has 0 radical (unpaired) electrons. The molecule has 4 nitrogen and oxygen atoms in total. The van der Waals surface area contributed by atoms with Gasteiger partial charge in [-0.2, -0.15) is 4.39 Å². The summed E-state index contributed by atoms with van der Waals surface area (Å²) >= 11 is 11.7. The van der Waals surface area contributed by atoms with E-state index in [0.29, 0.717) is 15.6 Å². The Bertz CT molecular complexity index is 1010. The number of hydrogen-bond donors (Lipinski definition) is 0. The van der Waals surface area contributed by atoms with Crippen molar-refractivity contribution in [2.45, 2.75) is 13.1 Å². The third-order valence-corrected chi connectivity index (χ3v) is 4.22. The molecule has 0 aliphatic carbocycles. The molecule has 3 aromatic rings. The second-order valence-electron chi connectivity index (χ2n) is 5.53. The fraction of sp³-hybridized carbons (Fsp3) is 0.111. The molecule has 25 heavy (non-hydrogen) atoms. The largest absolute Gasteiger partial charge is 0.331 e. The second-order valence-corrected chi connectivity index (χ2v) is 6.40. The maximum Gasteiger partial charge on any atom is 0.331 e. The van der Waals surface area contributed by atoms with E-state index in [9.17, 15) is 14.0 Å². The number of benzene rings is 2. The Morgan fingerprint density at radius 2 is 1.28 bits per heavy atom. The quantitative estimate of drug-likeness (QED) is 0.696. The molecule has 0 spiro atoms. The second kappa shape index (κ2) is 7.25. The average molecular weight is 379 g/mol. The Balaban J connectivity index is 1.99. The van der Waals surface area contributed by atoms with Crippen molar-refractivity contribution < 1.29 is 4.39 Å². The van der Waals surface area contributed by atoms with Gasteiger partial charge in [0.15, 0.2) is 0 Å². The molecule has 0 N–H and O–H groups in total. The Hall–Kier alpha value is -2.37. The molecule has 2 aromatic carbocycles. The minimum atomic E-state index is -0.984. The van der Waals surface area contributed by atoms with Crippen LogP contribution in [0.4, 0.5) is 4.39 Å². The van der Waals surface area contributed by atoms with Gasteiger partial charge < -0.3 is 0 Å². The summed E-state index contributed by atoms with van der Waals surface area (Å²) in [6.07, 6.45) is 0.928. The van der Waals surface area contributed by atoms with E-state index in [1.165, 1.54) is 0 Å². The smallest absolute Gasteiger partial charge is 0.293 e. The number of nitrogens with zero attached hydrogens (tertiary/aromatic N) is 2. The third-order valence-electron chi connectivity index (χ3n) is 3.72. The summed E-state index contributed by atoms with van der Waals surface area (Å²) in [4.78, 5) is 24.6. The molecule has 0 aliphatic heterocycles. The number of rotatable bonds is 4. The van der Waals surface area contributed by atoms with Crippen LogP contribution in [0.1, 0.15) is 11.1 Å². The molecule has 0 atom stereocenters. The molecule has 128 valence electrons. The highest BCUT2D eigenvalue weighted by atomic mass is 35.5. The topological polar surface area (TPSA) is 44.0 Å². The van der Waals surface area contributed by atoms with Gasteiger partial charge in [-0.3, -0.25) is 13.9 Å². The summed E-state index contributed by atoms with van der Waals surface area (Å²) in [6.45, 7) is 0.0982. The van der Waals surface area contributed by atoms with Crippen molar-refractivity contribution in [1.82, 2.24) is 9.13 Å². The lowest BCUT2D eigenvalue weighted by atomic mass is 10.2. The molecule has 0 unspecified atom stereocenters. The van der Waals surface area contributed by atoms with Crippen molar-refractivity contribution in [2.24, 2.45) is 0 Å². The SMILES string of the molecule is O=c1c(F)cn(Cc2ccc(Cl)cc2)c(=O)n1Cc1ccc(Cl)cc1. The van der Waals surface area contributed by atoms with E-state index in [-0.39, 0.29) is 13.1 Å². The molecular formula is C18H13Cl2FN2O2. The van der Waals surface area contributed by atoms with Gasteiger partial charge in [-0.1, -0.05) is 47.5 Å². The minimum absolute atomic E-state index is 0.0345. The van der Waals surface area contributed by atoms with Gasteiger partial charge >= 0.3 is 5.69 Å². The molecule has 1 aromatic heterocycles. The molecular weight excluding hydrogens is 366 g/mol. The number of hydrogen-bond acceptors (Lipinski definition) is 2. The van der Waals surface area contributed by atoms with Gasteiger partial charge in [-0.15, -0.1) is 0 Å². The lowest BCUT2D eigenvalue weighted by Crippen LogP contribution is -2.41. The van der Waals surface area contributed by atoms with Crippen molar-refractivity contribution >= 4 is 23.2 Å². The van der Waals surface area contributed by atoms with Crippen LogP contribution in [0.5, 0.6) is 0 Å². The number of aromatic nitrogens is 2. The van der Waals surface area contributed by atoms with E-state index in [4.69, 9.17) is 23.2 Å². The Morgan fingerprint density at radius 1 is 0.800 bits per heavy atom. The van der Waals surface area contributed by atoms with E-state index in [2.05, 4.69) is 0 Å². The Kier molecular flexibility index (Phi) is 5.06. The van der Waals surface area contributed by atoms with Crippen LogP contribution in [0.15, 0.2) is 64.3 Å². The first kappa shape index (κ1) is 17.5. The van der Waals surface area contributed by atoms with Crippen LogP contribution in [-0.4, -0.2) is 9.13 Å². The lowest BCUT2D eigenvalue weighted by molar-refractivity contribution is 0.518. The van der Waals surface area contributed by atoms with Gasteiger partial charge in [0.05, 0.1) is 19.3 Å². The van der Waals surface area contributed by atoms with Crippen molar-refractivity contribution in [1.29, 1.82) is 0 Å². The first-order chi connectivity index (χ1) is 11.9. The van der Waals surface area contributed by atoms with Gasteiger partial charge in [0.1, 0.15) is 0 Å². The van der Waals surface area contributed by atoms with Gasteiger partial charge in [-0.05, 0) is 35.4 Å². The molecule has 1 heterocycles. The Labute approximate surface area is 152 Å². The van der Waals surface area contributed by atoms with Crippen LogP contribution in [0.3, 0.4) is 0 Å². The average Bonchev–Trinajstić information content (AvgIpc) is 2.60. The molecule has 7 heteroatoms. The Morgan fingerprint density at radius 3 is 1.80 bits per heavy atom. The monoisotopic (exact) mass is 378 g/mol. The zero-order valence-electron chi connectivity index (χ0n) is 13.0. The molecule has 3 rings (SSSR count). The van der Waals surface area contributed by atoms with Gasteiger partial charge in [0.25, 0.3) is 5.56 Å². The van der Waals surface area contributed by atoms with E-state index in [1.807, 2.05) is 0 Å². The van der Waals surface area contributed by atoms with Crippen LogP contribution < -0.4 is 11.2 Å².